The molecule has 1 amide bonds. The van der Waals surface area contributed by atoms with Gasteiger partial charge in [0.2, 0.25) is 15.9 Å². The number of rotatable bonds is 8. The first-order chi connectivity index (χ1) is 13.5. The van der Waals surface area contributed by atoms with Crippen LogP contribution in [-0.4, -0.2) is 40.3 Å². The van der Waals surface area contributed by atoms with E-state index in [2.05, 4.69) is 5.32 Å². The van der Waals surface area contributed by atoms with E-state index in [1.54, 1.807) is 12.1 Å². The Bertz CT molecular complexity index is 1020. The van der Waals surface area contributed by atoms with E-state index < -0.39 is 22.5 Å². The number of hydrogen-bond acceptors (Lipinski definition) is 4. The van der Waals surface area contributed by atoms with Crippen LogP contribution in [0, 0.1) is 6.92 Å². The summed E-state index contributed by atoms with van der Waals surface area (Å²) in [6.07, 6.45) is 0.962. The number of nitrogens with one attached hydrogen (secondary N) is 1. The second-order valence-corrected chi connectivity index (χ2v) is 9.63. The summed E-state index contributed by atoms with van der Waals surface area (Å²) in [6.45, 7) is 1.74. The zero-order valence-electron chi connectivity index (χ0n) is 15.5. The van der Waals surface area contributed by atoms with E-state index in [1.165, 1.54) is 12.1 Å². The minimum atomic E-state index is -3.81. The SMILES string of the molecule is Cc1ccc(OCCNC(=O)CN(c2cc(Cl)c(Cl)cc2Cl)S(C)(=O)=O)cc1Cl. The van der Waals surface area contributed by atoms with E-state index in [4.69, 9.17) is 51.1 Å². The highest BCUT2D eigenvalue weighted by molar-refractivity contribution is 7.92. The number of ether oxygens (including phenoxy) is 1. The fraction of sp³-hybridized carbons (Fsp3) is 0.278. The summed E-state index contributed by atoms with van der Waals surface area (Å²) < 4.78 is 30.7. The summed E-state index contributed by atoms with van der Waals surface area (Å²) >= 11 is 24.0. The van der Waals surface area contributed by atoms with Crippen LogP contribution in [0.15, 0.2) is 30.3 Å². The van der Waals surface area contributed by atoms with Crippen molar-refractivity contribution in [3.05, 3.63) is 56.0 Å². The van der Waals surface area contributed by atoms with Gasteiger partial charge in [0, 0.05) is 5.02 Å². The Labute approximate surface area is 189 Å². The van der Waals surface area contributed by atoms with Crippen molar-refractivity contribution < 1.29 is 17.9 Å². The largest absolute Gasteiger partial charge is 0.492 e. The summed E-state index contributed by atoms with van der Waals surface area (Å²) in [5.41, 5.74) is 0.985. The first-order valence-corrected chi connectivity index (χ1v) is 11.6. The van der Waals surface area contributed by atoms with Crippen molar-refractivity contribution in [2.45, 2.75) is 6.92 Å². The molecule has 0 aliphatic heterocycles. The minimum Gasteiger partial charge on any atom is -0.492 e. The van der Waals surface area contributed by atoms with Gasteiger partial charge >= 0.3 is 0 Å². The number of benzene rings is 2. The van der Waals surface area contributed by atoms with Crippen LogP contribution >= 0.6 is 46.4 Å². The molecule has 2 rings (SSSR count). The molecule has 0 aliphatic rings. The van der Waals surface area contributed by atoms with E-state index in [1.807, 2.05) is 13.0 Å². The molecule has 0 atom stereocenters. The topological polar surface area (TPSA) is 75.7 Å². The number of anilines is 1. The number of carbonyl (C=O) groups excluding carboxylic acids is 1. The van der Waals surface area contributed by atoms with Crippen molar-refractivity contribution in [2.24, 2.45) is 0 Å². The summed E-state index contributed by atoms with van der Waals surface area (Å²) in [4.78, 5) is 12.3. The lowest BCUT2D eigenvalue weighted by Gasteiger charge is -2.23. The lowest BCUT2D eigenvalue weighted by molar-refractivity contribution is -0.119. The first-order valence-electron chi connectivity index (χ1n) is 8.27. The summed E-state index contributed by atoms with van der Waals surface area (Å²) in [5.74, 6) is 0.0262. The molecule has 0 fully saturated rings. The summed E-state index contributed by atoms with van der Waals surface area (Å²) in [6, 6.07) is 7.88. The number of nitrogens with zero attached hydrogens (tertiary/aromatic N) is 1. The number of carbonyl (C=O) groups is 1. The molecule has 0 radical (unpaired) electrons. The van der Waals surface area contributed by atoms with Crippen molar-refractivity contribution in [2.75, 3.05) is 30.3 Å². The highest BCUT2D eigenvalue weighted by atomic mass is 35.5. The van der Waals surface area contributed by atoms with E-state index in [9.17, 15) is 13.2 Å². The van der Waals surface area contributed by atoms with Crippen LogP contribution in [0.1, 0.15) is 5.56 Å². The van der Waals surface area contributed by atoms with Gasteiger partial charge in [-0.25, -0.2) is 8.42 Å². The molecule has 0 heterocycles. The zero-order chi connectivity index (χ0) is 21.8. The van der Waals surface area contributed by atoms with Crippen LogP contribution < -0.4 is 14.4 Å². The van der Waals surface area contributed by atoms with Gasteiger partial charge in [-0.15, -0.1) is 0 Å². The number of aryl methyl sites for hydroxylation is 1. The number of amides is 1. The average molecular weight is 500 g/mol. The standard InChI is InChI=1S/C18H18Cl4N2O4S/c1-11-3-4-12(7-13(11)19)28-6-5-23-18(25)10-24(29(2,26)27)17-9-15(21)14(20)8-16(17)22/h3-4,7-9H,5-6,10H2,1-2H3,(H,23,25). The molecular weight excluding hydrogens is 482 g/mol. The molecule has 0 unspecified atom stereocenters. The number of hydrogen-bond donors (Lipinski definition) is 1. The lowest BCUT2D eigenvalue weighted by atomic mass is 10.2. The van der Waals surface area contributed by atoms with E-state index in [0.29, 0.717) is 10.8 Å². The molecule has 0 saturated carbocycles. The Hall–Kier alpha value is -1.38. The van der Waals surface area contributed by atoms with E-state index in [-0.39, 0.29) is 33.9 Å². The van der Waals surface area contributed by atoms with Gasteiger partial charge in [0.1, 0.15) is 18.9 Å². The Morgan fingerprint density at radius 2 is 1.69 bits per heavy atom. The lowest BCUT2D eigenvalue weighted by Crippen LogP contribution is -2.41. The highest BCUT2D eigenvalue weighted by Gasteiger charge is 2.24. The highest BCUT2D eigenvalue weighted by Crippen LogP contribution is 2.35. The van der Waals surface area contributed by atoms with Crippen molar-refractivity contribution in [3.63, 3.8) is 0 Å². The molecule has 2 aromatic rings. The molecule has 0 bridgehead atoms. The summed E-state index contributed by atoms with van der Waals surface area (Å²) in [5, 5.41) is 3.51. The predicted octanol–water partition coefficient (Wildman–Crippen LogP) is 4.57. The van der Waals surface area contributed by atoms with Gasteiger partial charge in [-0.05, 0) is 36.8 Å². The van der Waals surface area contributed by atoms with E-state index >= 15 is 0 Å². The smallest absolute Gasteiger partial charge is 0.240 e. The zero-order valence-corrected chi connectivity index (χ0v) is 19.3. The van der Waals surface area contributed by atoms with Crippen LogP contribution in [0.25, 0.3) is 0 Å². The van der Waals surface area contributed by atoms with Crippen LogP contribution in [0.2, 0.25) is 20.1 Å². The molecule has 29 heavy (non-hydrogen) atoms. The normalized spacial score (nSPS) is 11.2. The minimum absolute atomic E-state index is 0.0530. The third kappa shape index (κ3) is 6.83. The second-order valence-electron chi connectivity index (χ2n) is 6.10. The van der Waals surface area contributed by atoms with Gasteiger partial charge in [-0.3, -0.25) is 9.10 Å². The molecule has 0 saturated heterocycles. The predicted molar refractivity (Wildman–Crippen MR) is 118 cm³/mol. The van der Waals surface area contributed by atoms with Crippen molar-refractivity contribution in [1.82, 2.24) is 5.32 Å². The van der Waals surface area contributed by atoms with Gasteiger partial charge in [0.25, 0.3) is 0 Å². The van der Waals surface area contributed by atoms with Gasteiger partial charge in [-0.1, -0.05) is 52.5 Å². The van der Waals surface area contributed by atoms with Crippen LogP contribution in [0.3, 0.4) is 0 Å². The van der Waals surface area contributed by atoms with Gasteiger partial charge in [0.05, 0.1) is 33.6 Å². The van der Waals surface area contributed by atoms with Gasteiger partial charge < -0.3 is 10.1 Å². The van der Waals surface area contributed by atoms with Crippen molar-refractivity contribution in [3.8, 4) is 5.75 Å². The summed E-state index contributed by atoms with van der Waals surface area (Å²) in [7, 11) is -3.81. The molecule has 6 nitrogen and oxygen atoms in total. The molecule has 2 aromatic carbocycles. The van der Waals surface area contributed by atoms with Gasteiger partial charge in [-0.2, -0.15) is 0 Å². The Balaban J connectivity index is 1.98. The monoisotopic (exact) mass is 498 g/mol. The second kappa shape index (κ2) is 10.1. The maximum Gasteiger partial charge on any atom is 0.240 e. The first kappa shape index (κ1) is 23.9. The maximum absolute atomic E-state index is 12.3. The number of halogens is 4. The quantitative estimate of drug-likeness (QED) is 0.426. The fourth-order valence-corrected chi connectivity index (χ4v) is 4.02. The molecular formula is C18H18Cl4N2O4S. The number of sulfonamides is 1. The Morgan fingerprint density at radius 3 is 2.31 bits per heavy atom. The van der Waals surface area contributed by atoms with Gasteiger partial charge in [0.15, 0.2) is 0 Å². The maximum atomic E-state index is 12.3. The van der Waals surface area contributed by atoms with Crippen LogP contribution in [-0.2, 0) is 14.8 Å². The molecule has 158 valence electrons. The van der Waals surface area contributed by atoms with Crippen LogP contribution in [0.4, 0.5) is 5.69 Å². The molecule has 0 aromatic heterocycles. The fourth-order valence-electron chi connectivity index (χ4n) is 2.29. The van der Waals surface area contributed by atoms with E-state index in [0.717, 1.165) is 16.1 Å². The Morgan fingerprint density at radius 1 is 1.03 bits per heavy atom. The molecule has 11 heteroatoms. The molecule has 0 aliphatic carbocycles. The third-order valence-electron chi connectivity index (χ3n) is 3.78. The average Bonchev–Trinajstić information content (AvgIpc) is 2.62. The third-order valence-corrected chi connectivity index (χ3v) is 6.34. The molecule has 0 spiro atoms. The Kier molecular flexibility index (Phi) is 8.31. The molecule has 1 N–H and O–H groups in total. The van der Waals surface area contributed by atoms with Crippen molar-refractivity contribution in [1.29, 1.82) is 0 Å². The van der Waals surface area contributed by atoms with Crippen molar-refractivity contribution >= 4 is 68.0 Å². The van der Waals surface area contributed by atoms with Crippen LogP contribution in [0.5, 0.6) is 5.75 Å².